The molecule has 2 heterocycles. The number of fused-ring (bicyclic) bond motifs is 1. The summed E-state index contributed by atoms with van der Waals surface area (Å²) in [6.45, 7) is 0.767. The van der Waals surface area contributed by atoms with E-state index in [2.05, 4.69) is 9.97 Å². The highest BCUT2D eigenvalue weighted by atomic mass is 16.3. The summed E-state index contributed by atoms with van der Waals surface area (Å²) in [5.74, 6) is -0.0111. The molecule has 2 N–H and O–H groups in total. The van der Waals surface area contributed by atoms with Crippen LogP contribution in [-0.4, -0.2) is 45.1 Å². The Kier molecular flexibility index (Phi) is 2.76. The number of nitrogens with zero attached hydrogens (tertiary/aromatic N) is 2. The van der Waals surface area contributed by atoms with Gasteiger partial charge in [0.15, 0.2) is 0 Å². The monoisotopic (exact) mass is 245 g/mol. The van der Waals surface area contributed by atoms with Gasteiger partial charge in [-0.05, 0) is 31.0 Å². The lowest BCUT2D eigenvalue weighted by atomic mass is 10.1. The maximum absolute atomic E-state index is 12.4. The summed E-state index contributed by atoms with van der Waals surface area (Å²) in [6, 6.07) is 5.41. The lowest BCUT2D eigenvalue weighted by Gasteiger charge is -2.23. The summed E-state index contributed by atoms with van der Waals surface area (Å²) in [7, 11) is 0. The van der Waals surface area contributed by atoms with Crippen LogP contribution < -0.4 is 0 Å². The van der Waals surface area contributed by atoms with Crippen LogP contribution in [-0.2, 0) is 0 Å². The Morgan fingerprint density at radius 3 is 3.28 bits per heavy atom. The number of aliphatic hydroxyl groups excluding tert-OH is 1. The molecule has 0 spiro atoms. The van der Waals surface area contributed by atoms with Crippen LogP contribution in [0.25, 0.3) is 11.0 Å². The molecule has 5 nitrogen and oxygen atoms in total. The first-order chi connectivity index (χ1) is 8.79. The summed E-state index contributed by atoms with van der Waals surface area (Å²) in [5, 5.41) is 9.26. The van der Waals surface area contributed by atoms with Crippen LogP contribution >= 0.6 is 0 Å². The Bertz CT molecular complexity index is 578. The van der Waals surface area contributed by atoms with Crippen molar-refractivity contribution < 1.29 is 9.90 Å². The fourth-order valence-corrected chi connectivity index (χ4v) is 2.53. The fourth-order valence-electron chi connectivity index (χ4n) is 2.53. The van der Waals surface area contributed by atoms with E-state index in [0.717, 1.165) is 30.4 Å². The number of hydrogen-bond acceptors (Lipinski definition) is 3. The van der Waals surface area contributed by atoms with E-state index < -0.39 is 0 Å². The highest BCUT2D eigenvalue weighted by Crippen LogP contribution is 2.21. The van der Waals surface area contributed by atoms with Crippen LogP contribution in [0.1, 0.15) is 23.2 Å². The molecule has 2 aromatic rings. The Labute approximate surface area is 104 Å². The lowest BCUT2D eigenvalue weighted by molar-refractivity contribution is 0.0678. The van der Waals surface area contributed by atoms with Gasteiger partial charge < -0.3 is 15.0 Å². The minimum atomic E-state index is -0.0324. The number of rotatable bonds is 2. The number of carbonyl (C=O) groups is 1. The zero-order valence-corrected chi connectivity index (χ0v) is 9.97. The molecule has 1 aliphatic heterocycles. The lowest BCUT2D eigenvalue weighted by Crippen LogP contribution is -2.37. The second kappa shape index (κ2) is 4.42. The molecule has 0 saturated carbocycles. The van der Waals surface area contributed by atoms with Gasteiger partial charge in [0.05, 0.1) is 30.0 Å². The average molecular weight is 245 g/mol. The molecular weight excluding hydrogens is 230 g/mol. The van der Waals surface area contributed by atoms with Gasteiger partial charge in [0.25, 0.3) is 5.91 Å². The van der Waals surface area contributed by atoms with E-state index in [9.17, 15) is 9.90 Å². The molecule has 1 saturated heterocycles. The van der Waals surface area contributed by atoms with Gasteiger partial charge in [-0.3, -0.25) is 4.79 Å². The molecule has 18 heavy (non-hydrogen) atoms. The minimum Gasteiger partial charge on any atom is -0.394 e. The summed E-state index contributed by atoms with van der Waals surface area (Å²) >= 11 is 0. The normalized spacial score (nSPS) is 19.6. The van der Waals surface area contributed by atoms with E-state index in [-0.39, 0.29) is 18.6 Å². The van der Waals surface area contributed by atoms with Crippen LogP contribution in [0, 0.1) is 0 Å². The van der Waals surface area contributed by atoms with E-state index in [0.29, 0.717) is 5.56 Å². The topological polar surface area (TPSA) is 69.2 Å². The largest absolute Gasteiger partial charge is 0.394 e. The molecular formula is C13H15N3O2. The van der Waals surface area contributed by atoms with Crippen molar-refractivity contribution in [2.45, 2.75) is 18.9 Å². The molecule has 0 aliphatic carbocycles. The molecule has 1 atom stereocenters. The molecule has 3 rings (SSSR count). The molecule has 1 fully saturated rings. The first-order valence-electron chi connectivity index (χ1n) is 6.14. The Hall–Kier alpha value is -1.88. The third kappa shape index (κ3) is 1.76. The van der Waals surface area contributed by atoms with Crippen LogP contribution in [0.15, 0.2) is 24.5 Å². The SMILES string of the molecule is O=C(c1ccc2nc[nH]c2c1)N1CCC[C@@H]1CO. The first-order valence-corrected chi connectivity index (χ1v) is 6.14. The standard InChI is InChI=1S/C13H15N3O2/c17-7-10-2-1-5-16(10)13(18)9-3-4-11-12(6-9)15-8-14-11/h3-4,6,8,10,17H,1-2,5,7H2,(H,14,15)/t10-/m1/s1. The molecule has 94 valence electrons. The van der Waals surface area contributed by atoms with Gasteiger partial charge in [-0.1, -0.05) is 0 Å². The van der Waals surface area contributed by atoms with E-state index in [4.69, 9.17) is 0 Å². The maximum atomic E-state index is 12.4. The first kappa shape index (κ1) is 11.2. The quantitative estimate of drug-likeness (QED) is 0.834. The van der Waals surface area contributed by atoms with Crippen molar-refractivity contribution >= 4 is 16.9 Å². The highest BCUT2D eigenvalue weighted by molar-refractivity contribution is 5.97. The van der Waals surface area contributed by atoms with Crippen LogP contribution in [0.2, 0.25) is 0 Å². The van der Waals surface area contributed by atoms with E-state index in [1.165, 1.54) is 0 Å². The predicted molar refractivity (Wildman–Crippen MR) is 67.2 cm³/mol. The van der Waals surface area contributed by atoms with E-state index in [1.807, 2.05) is 12.1 Å². The Morgan fingerprint density at radius 2 is 2.44 bits per heavy atom. The van der Waals surface area contributed by atoms with Crippen molar-refractivity contribution in [1.82, 2.24) is 14.9 Å². The van der Waals surface area contributed by atoms with Crippen molar-refractivity contribution in [2.75, 3.05) is 13.2 Å². The van der Waals surface area contributed by atoms with Gasteiger partial charge in [-0.25, -0.2) is 4.98 Å². The number of amides is 1. The molecule has 5 heteroatoms. The van der Waals surface area contributed by atoms with Crippen LogP contribution in [0.4, 0.5) is 0 Å². The number of likely N-dealkylation sites (tertiary alicyclic amines) is 1. The zero-order chi connectivity index (χ0) is 12.5. The maximum Gasteiger partial charge on any atom is 0.254 e. The highest BCUT2D eigenvalue weighted by Gasteiger charge is 2.28. The summed E-state index contributed by atoms with van der Waals surface area (Å²) in [5.41, 5.74) is 2.36. The smallest absolute Gasteiger partial charge is 0.254 e. The van der Waals surface area contributed by atoms with Crippen LogP contribution in [0.3, 0.4) is 0 Å². The van der Waals surface area contributed by atoms with Gasteiger partial charge in [0.1, 0.15) is 0 Å². The number of carbonyl (C=O) groups excluding carboxylic acids is 1. The summed E-state index contributed by atoms with van der Waals surface area (Å²) < 4.78 is 0. The molecule has 1 aliphatic rings. The zero-order valence-electron chi connectivity index (χ0n) is 9.97. The van der Waals surface area contributed by atoms with Gasteiger partial charge in [0, 0.05) is 12.1 Å². The van der Waals surface area contributed by atoms with E-state index in [1.54, 1.807) is 17.3 Å². The number of H-pyrrole nitrogens is 1. The predicted octanol–water partition coefficient (Wildman–Crippen LogP) is 1.16. The number of aromatic amines is 1. The third-order valence-corrected chi connectivity index (χ3v) is 3.52. The molecule has 1 amide bonds. The number of aromatic nitrogens is 2. The Balaban J connectivity index is 1.91. The van der Waals surface area contributed by atoms with Crippen molar-refractivity contribution in [1.29, 1.82) is 0 Å². The van der Waals surface area contributed by atoms with Gasteiger partial charge >= 0.3 is 0 Å². The minimum absolute atomic E-state index is 0.0111. The molecule has 0 bridgehead atoms. The second-order valence-electron chi connectivity index (χ2n) is 4.61. The number of nitrogens with one attached hydrogen (secondary N) is 1. The van der Waals surface area contributed by atoms with Crippen molar-refractivity contribution in [3.05, 3.63) is 30.1 Å². The second-order valence-corrected chi connectivity index (χ2v) is 4.61. The summed E-state index contributed by atoms with van der Waals surface area (Å²) in [4.78, 5) is 21.3. The molecule has 1 aromatic heterocycles. The fraction of sp³-hybridized carbons (Fsp3) is 0.385. The van der Waals surface area contributed by atoms with Gasteiger partial charge in [-0.15, -0.1) is 0 Å². The average Bonchev–Trinajstić information content (AvgIpc) is 3.05. The number of aliphatic hydroxyl groups is 1. The molecule has 0 radical (unpaired) electrons. The van der Waals surface area contributed by atoms with Gasteiger partial charge in [-0.2, -0.15) is 0 Å². The van der Waals surface area contributed by atoms with Gasteiger partial charge in [0.2, 0.25) is 0 Å². The van der Waals surface area contributed by atoms with Crippen molar-refractivity contribution in [3.8, 4) is 0 Å². The van der Waals surface area contributed by atoms with E-state index >= 15 is 0 Å². The third-order valence-electron chi connectivity index (χ3n) is 3.52. The van der Waals surface area contributed by atoms with Crippen molar-refractivity contribution in [2.24, 2.45) is 0 Å². The summed E-state index contributed by atoms with van der Waals surface area (Å²) in [6.07, 6.45) is 3.46. The van der Waals surface area contributed by atoms with Crippen LogP contribution in [0.5, 0.6) is 0 Å². The van der Waals surface area contributed by atoms with Crippen molar-refractivity contribution in [3.63, 3.8) is 0 Å². The molecule has 1 aromatic carbocycles. The molecule has 0 unspecified atom stereocenters. The number of benzene rings is 1. The number of hydrogen-bond donors (Lipinski definition) is 2. The number of imidazole rings is 1. The Morgan fingerprint density at radius 1 is 1.56 bits per heavy atom.